The molecule has 0 bridgehead atoms. The van der Waals surface area contributed by atoms with Crippen molar-refractivity contribution < 1.29 is 0 Å². The van der Waals surface area contributed by atoms with Gasteiger partial charge in [0, 0.05) is 11.3 Å². The van der Waals surface area contributed by atoms with Crippen LogP contribution in [0.2, 0.25) is 0 Å². The first kappa shape index (κ1) is 12.6. The van der Waals surface area contributed by atoms with E-state index in [4.69, 9.17) is 23.2 Å². The van der Waals surface area contributed by atoms with Crippen LogP contribution in [-0.2, 0) is 0 Å². The normalized spacial score (nSPS) is 13.2. The van der Waals surface area contributed by atoms with Crippen LogP contribution in [0.5, 0.6) is 0 Å². The van der Waals surface area contributed by atoms with Gasteiger partial charge in [0.25, 0.3) is 0 Å². The molecule has 0 amide bonds. The molecule has 0 aromatic heterocycles. The Labute approximate surface area is 86.6 Å². The predicted octanol–water partition coefficient (Wildman–Crippen LogP) is 4.58. The topological polar surface area (TPSA) is 0 Å². The van der Waals surface area contributed by atoms with Crippen LogP contribution < -0.4 is 0 Å². The summed E-state index contributed by atoms with van der Waals surface area (Å²) in [6.07, 6.45) is 8.52. The fraction of sp³-hybridized carbons (Fsp3) is 1.00. The number of halogens is 2. The second-order valence-electron chi connectivity index (χ2n) is 3.28. The Morgan fingerprint density at radius 1 is 1.00 bits per heavy atom. The van der Waals surface area contributed by atoms with E-state index in [-0.39, 0.29) is 0 Å². The highest BCUT2D eigenvalue weighted by atomic mass is 35.5. The lowest BCUT2D eigenvalue weighted by atomic mass is 10.1. The highest BCUT2D eigenvalue weighted by Gasteiger charge is 2.01. The molecule has 0 fully saturated rings. The van der Waals surface area contributed by atoms with E-state index in [1.807, 2.05) is 0 Å². The highest BCUT2D eigenvalue weighted by Crippen LogP contribution is 2.14. The van der Waals surface area contributed by atoms with Crippen molar-refractivity contribution in [2.75, 3.05) is 5.88 Å². The Morgan fingerprint density at radius 3 is 2.25 bits per heavy atom. The third-order valence-electron chi connectivity index (χ3n) is 2.00. The van der Waals surface area contributed by atoms with E-state index in [1.54, 1.807) is 0 Å². The molecule has 0 rings (SSSR count). The van der Waals surface area contributed by atoms with Crippen molar-refractivity contribution in [2.45, 2.75) is 57.2 Å². The van der Waals surface area contributed by atoms with Crippen LogP contribution in [0, 0.1) is 0 Å². The van der Waals surface area contributed by atoms with Gasteiger partial charge in [0.15, 0.2) is 0 Å². The Hall–Kier alpha value is 0.580. The molecule has 0 nitrogen and oxygen atoms in total. The summed E-state index contributed by atoms with van der Waals surface area (Å²) in [4.78, 5) is 0. The van der Waals surface area contributed by atoms with Gasteiger partial charge in [-0.1, -0.05) is 32.6 Å². The van der Waals surface area contributed by atoms with E-state index in [0.29, 0.717) is 5.38 Å². The van der Waals surface area contributed by atoms with Crippen LogP contribution in [-0.4, -0.2) is 11.3 Å². The molecule has 0 saturated carbocycles. The minimum Gasteiger partial charge on any atom is -0.127 e. The molecule has 12 heavy (non-hydrogen) atoms. The molecule has 1 atom stereocenters. The third-order valence-corrected chi connectivity index (χ3v) is 2.71. The van der Waals surface area contributed by atoms with Crippen LogP contribution in [0.4, 0.5) is 0 Å². The van der Waals surface area contributed by atoms with E-state index in [2.05, 4.69) is 6.92 Å². The first-order chi connectivity index (χ1) is 5.81. The van der Waals surface area contributed by atoms with Gasteiger partial charge in [-0.05, 0) is 19.3 Å². The molecule has 0 aliphatic heterocycles. The van der Waals surface area contributed by atoms with Gasteiger partial charge in [-0.25, -0.2) is 0 Å². The summed E-state index contributed by atoms with van der Waals surface area (Å²) in [5.74, 6) is 0.805. The first-order valence-corrected chi connectivity index (χ1v) is 5.98. The maximum atomic E-state index is 6.07. The Balaban J connectivity index is 2.97. The second-order valence-corrected chi connectivity index (χ2v) is 4.27. The molecule has 0 radical (unpaired) electrons. The van der Waals surface area contributed by atoms with E-state index < -0.39 is 0 Å². The third kappa shape index (κ3) is 8.67. The molecule has 0 heterocycles. The van der Waals surface area contributed by atoms with Crippen LogP contribution >= 0.6 is 23.2 Å². The van der Waals surface area contributed by atoms with Crippen molar-refractivity contribution >= 4 is 23.2 Å². The second kappa shape index (κ2) is 9.67. The zero-order chi connectivity index (χ0) is 9.23. The van der Waals surface area contributed by atoms with Crippen molar-refractivity contribution in [1.29, 1.82) is 0 Å². The van der Waals surface area contributed by atoms with Gasteiger partial charge in [0.05, 0.1) is 0 Å². The minimum atomic E-state index is 0.408. The number of alkyl halides is 2. The van der Waals surface area contributed by atoms with Gasteiger partial charge < -0.3 is 0 Å². The molecule has 1 unspecified atom stereocenters. The van der Waals surface area contributed by atoms with Gasteiger partial charge >= 0.3 is 0 Å². The van der Waals surface area contributed by atoms with Gasteiger partial charge in [-0.3, -0.25) is 0 Å². The largest absolute Gasteiger partial charge is 0.127 e. The van der Waals surface area contributed by atoms with E-state index >= 15 is 0 Å². The summed E-state index contributed by atoms with van der Waals surface area (Å²) in [6.45, 7) is 2.18. The maximum Gasteiger partial charge on any atom is 0.0336 e. The number of rotatable bonds is 8. The Morgan fingerprint density at radius 2 is 1.67 bits per heavy atom. The quantitative estimate of drug-likeness (QED) is 0.407. The van der Waals surface area contributed by atoms with E-state index in [1.165, 1.54) is 32.1 Å². The molecule has 0 spiro atoms. The molecule has 0 aromatic rings. The standard InChI is InChI=1S/C10H20Cl2/c1-2-7-10(12)8-5-3-4-6-9-11/h10H,2-9H2,1H3. The average molecular weight is 211 g/mol. The van der Waals surface area contributed by atoms with E-state index in [9.17, 15) is 0 Å². The smallest absolute Gasteiger partial charge is 0.0336 e. The molecule has 0 aromatic carbocycles. The van der Waals surface area contributed by atoms with Crippen molar-refractivity contribution in [1.82, 2.24) is 0 Å². The highest BCUT2D eigenvalue weighted by molar-refractivity contribution is 6.20. The maximum absolute atomic E-state index is 6.07. The average Bonchev–Trinajstić information content (AvgIpc) is 2.05. The molecule has 0 N–H and O–H groups in total. The van der Waals surface area contributed by atoms with Crippen LogP contribution in [0.3, 0.4) is 0 Å². The monoisotopic (exact) mass is 210 g/mol. The lowest BCUT2D eigenvalue weighted by Crippen LogP contribution is -1.97. The zero-order valence-corrected chi connectivity index (χ0v) is 9.50. The number of hydrogen-bond acceptors (Lipinski definition) is 0. The fourth-order valence-corrected chi connectivity index (χ4v) is 1.83. The SMILES string of the molecule is CCCC(Cl)CCCCCCCl. The molecule has 0 saturated heterocycles. The number of hydrogen-bond donors (Lipinski definition) is 0. The molecular formula is C10H20Cl2. The van der Waals surface area contributed by atoms with Crippen molar-refractivity contribution in [3.05, 3.63) is 0 Å². The van der Waals surface area contributed by atoms with Crippen molar-refractivity contribution in [3.8, 4) is 0 Å². The molecule has 2 heteroatoms. The lowest BCUT2D eigenvalue weighted by molar-refractivity contribution is 0.591. The molecular weight excluding hydrogens is 191 g/mol. The summed E-state index contributed by atoms with van der Waals surface area (Å²) in [5, 5.41) is 0.408. The zero-order valence-electron chi connectivity index (χ0n) is 7.99. The van der Waals surface area contributed by atoms with Crippen LogP contribution in [0.25, 0.3) is 0 Å². The van der Waals surface area contributed by atoms with Crippen molar-refractivity contribution in [2.24, 2.45) is 0 Å². The van der Waals surface area contributed by atoms with Crippen LogP contribution in [0.15, 0.2) is 0 Å². The first-order valence-electron chi connectivity index (χ1n) is 5.01. The predicted molar refractivity (Wildman–Crippen MR) is 58.4 cm³/mol. The summed E-state index contributed by atoms with van der Waals surface area (Å²) in [6, 6.07) is 0. The minimum absolute atomic E-state index is 0.408. The summed E-state index contributed by atoms with van der Waals surface area (Å²) >= 11 is 11.6. The number of unbranched alkanes of at least 4 members (excludes halogenated alkanes) is 3. The fourth-order valence-electron chi connectivity index (χ4n) is 1.27. The van der Waals surface area contributed by atoms with Gasteiger partial charge in [-0.15, -0.1) is 23.2 Å². The summed E-state index contributed by atoms with van der Waals surface area (Å²) in [7, 11) is 0. The Kier molecular flexibility index (Phi) is 10.1. The van der Waals surface area contributed by atoms with Crippen LogP contribution in [0.1, 0.15) is 51.9 Å². The molecule has 0 aliphatic rings. The Bertz CT molecular complexity index is 83.9. The van der Waals surface area contributed by atoms with E-state index in [0.717, 1.165) is 18.7 Å². The lowest BCUT2D eigenvalue weighted by Gasteiger charge is -2.06. The van der Waals surface area contributed by atoms with Crippen molar-refractivity contribution in [3.63, 3.8) is 0 Å². The summed E-state index contributed by atoms with van der Waals surface area (Å²) in [5.41, 5.74) is 0. The molecule has 74 valence electrons. The molecule has 0 aliphatic carbocycles. The van der Waals surface area contributed by atoms with Gasteiger partial charge in [0.1, 0.15) is 0 Å². The van der Waals surface area contributed by atoms with Gasteiger partial charge in [0.2, 0.25) is 0 Å². The summed E-state index contributed by atoms with van der Waals surface area (Å²) < 4.78 is 0. The van der Waals surface area contributed by atoms with Gasteiger partial charge in [-0.2, -0.15) is 0 Å².